The molecule has 2 unspecified atom stereocenters. The fourth-order valence-electron chi connectivity index (χ4n) is 4.40. The van der Waals surface area contributed by atoms with Gasteiger partial charge in [0.15, 0.2) is 0 Å². The molecule has 1 rings (SSSR count). The summed E-state index contributed by atoms with van der Waals surface area (Å²) in [6.07, 6.45) is 27.6. The molecule has 0 aliphatic carbocycles. The van der Waals surface area contributed by atoms with Gasteiger partial charge in [-0.05, 0) is 26.2 Å². The Morgan fingerprint density at radius 1 is 0.679 bits per heavy atom. The smallest absolute Gasteiger partial charge is 0.111 e. The second kappa shape index (κ2) is 17.1. The average molecular weight is 391 g/mol. The molecule has 0 saturated heterocycles. The van der Waals surface area contributed by atoms with Crippen molar-refractivity contribution in [3.63, 3.8) is 0 Å². The minimum atomic E-state index is 0.594. The number of hydrogen-bond acceptors (Lipinski definition) is 1. The molecular weight excluding hydrogens is 340 g/mol. The Kier molecular flexibility index (Phi) is 15.4. The van der Waals surface area contributed by atoms with E-state index in [0.717, 1.165) is 0 Å². The van der Waals surface area contributed by atoms with Gasteiger partial charge < -0.3 is 4.57 Å². The lowest BCUT2D eigenvalue weighted by molar-refractivity contribution is 0.418. The lowest BCUT2D eigenvalue weighted by atomic mass is 9.93. The van der Waals surface area contributed by atoms with Crippen molar-refractivity contribution < 1.29 is 0 Å². The summed E-state index contributed by atoms with van der Waals surface area (Å²) in [6, 6.07) is 0.594. The molecule has 0 aliphatic heterocycles. The molecule has 0 fully saturated rings. The van der Waals surface area contributed by atoms with E-state index in [9.17, 15) is 0 Å². The molecule has 28 heavy (non-hydrogen) atoms. The van der Waals surface area contributed by atoms with Crippen LogP contribution < -0.4 is 0 Å². The first kappa shape index (κ1) is 25.2. The lowest BCUT2D eigenvalue weighted by Crippen LogP contribution is -2.13. The van der Waals surface area contributed by atoms with Crippen molar-refractivity contribution >= 4 is 0 Å². The van der Waals surface area contributed by atoms with Crippen molar-refractivity contribution in [2.45, 2.75) is 149 Å². The Labute approximate surface area is 176 Å². The van der Waals surface area contributed by atoms with Crippen molar-refractivity contribution in [3.8, 4) is 0 Å². The molecule has 1 aromatic rings. The lowest BCUT2D eigenvalue weighted by Gasteiger charge is -2.22. The van der Waals surface area contributed by atoms with Gasteiger partial charge >= 0.3 is 0 Å². The summed E-state index contributed by atoms with van der Waals surface area (Å²) in [5.74, 6) is 2.03. The highest BCUT2D eigenvalue weighted by atomic mass is 15.1. The van der Waals surface area contributed by atoms with Crippen LogP contribution in [0, 0.1) is 0 Å². The van der Waals surface area contributed by atoms with Gasteiger partial charge in [-0.3, -0.25) is 0 Å². The van der Waals surface area contributed by atoms with Crippen LogP contribution in [0.25, 0.3) is 0 Å². The molecule has 0 bridgehead atoms. The predicted octanol–water partition coefficient (Wildman–Crippen LogP) is 9.22. The Morgan fingerprint density at radius 3 is 1.82 bits per heavy atom. The third-order valence-electron chi connectivity index (χ3n) is 6.33. The molecule has 0 aliphatic rings. The minimum absolute atomic E-state index is 0.594. The molecule has 0 amide bonds. The second-order valence-corrected chi connectivity index (χ2v) is 8.99. The normalized spacial score (nSPS) is 13.7. The highest BCUT2D eigenvalue weighted by Gasteiger charge is 2.19. The monoisotopic (exact) mass is 390 g/mol. The number of aromatic nitrogens is 2. The summed E-state index contributed by atoms with van der Waals surface area (Å²) in [4.78, 5) is 4.84. The third-order valence-corrected chi connectivity index (χ3v) is 6.33. The number of rotatable bonds is 19. The first-order chi connectivity index (χ1) is 13.7. The SMILES string of the molecule is CCCCCCCCCCCC(CCCC)c1nccn1C(C)CCCCC. The molecule has 1 aromatic heterocycles. The zero-order valence-corrected chi connectivity index (χ0v) is 19.7. The van der Waals surface area contributed by atoms with Crippen LogP contribution in [0.1, 0.15) is 155 Å². The first-order valence-corrected chi connectivity index (χ1v) is 12.8. The Hall–Kier alpha value is -0.790. The molecule has 0 aromatic carbocycles. The highest BCUT2D eigenvalue weighted by molar-refractivity contribution is 5.02. The average Bonchev–Trinajstić information content (AvgIpc) is 3.19. The molecule has 0 radical (unpaired) electrons. The molecule has 0 N–H and O–H groups in total. The van der Waals surface area contributed by atoms with Crippen molar-refractivity contribution in [3.05, 3.63) is 18.2 Å². The number of nitrogens with zero attached hydrogens (tertiary/aromatic N) is 2. The minimum Gasteiger partial charge on any atom is -0.332 e. The van der Waals surface area contributed by atoms with Crippen molar-refractivity contribution in [2.24, 2.45) is 0 Å². The molecule has 0 spiro atoms. The summed E-state index contributed by atoms with van der Waals surface area (Å²) < 4.78 is 2.50. The van der Waals surface area contributed by atoms with Gasteiger partial charge in [-0.1, -0.05) is 111 Å². The fourth-order valence-corrected chi connectivity index (χ4v) is 4.40. The molecule has 1 heterocycles. The molecule has 2 nitrogen and oxygen atoms in total. The van der Waals surface area contributed by atoms with Crippen LogP contribution in [0.4, 0.5) is 0 Å². The molecule has 2 heteroatoms. The van der Waals surface area contributed by atoms with E-state index >= 15 is 0 Å². The summed E-state index contributed by atoms with van der Waals surface area (Å²) in [5.41, 5.74) is 0. The Morgan fingerprint density at radius 2 is 1.18 bits per heavy atom. The van der Waals surface area contributed by atoms with Crippen LogP contribution in [0.2, 0.25) is 0 Å². The van der Waals surface area contributed by atoms with Crippen LogP contribution in [-0.2, 0) is 0 Å². The van der Waals surface area contributed by atoms with Gasteiger partial charge in [-0.15, -0.1) is 0 Å². The Balaban J connectivity index is 2.42. The van der Waals surface area contributed by atoms with Gasteiger partial charge in [0.05, 0.1) is 0 Å². The molecular formula is C26H50N2. The number of unbranched alkanes of at least 4 members (excludes halogenated alkanes) is 11. The van der Waals surface area contributed by atoms with E-state index in [1.807, 2.05) is 6.20 Å². The molecule has 2 atom stereocenters. The maximum Gasteiger partial charge on any atom is 0.111 e. The van der Waals surface area contributed by atoms with E-state index in [1.54, 1.807) is 0 Å². The van der Waals surface area contributed by atoms with Crippen molar-refractivity contribution in [1.29, 1.82) is 0 Å². The third kappa shape index (κ3) is 10.7. The zero-order valence-electron chi connectivity index (χ0n) is 19.7. The summed E-state index contributed by atoms with van der Waals surface area (Å²) in [7, 11) is 0. The fraction of sp³-hybridized carbons (Fsp3) is 0.885. The van der Waals surface area contributed by atoms with Gasteiger partial charge in [-0.25, -0.2) is 4.98 Å². The summed E-state index contributed by atoms with van der Waals surface area (Å²) in [5, 5.41) is 0. The van der Waals surface area contributed by atoms with Gasteiger partial charge in [0.25, 0.3) is 0 Å². The maximum absolute atomic E-state index is 4.84. The summed E-state index contributed by atoms with van der Waals surface area (Å²) in [6.45, 7) is 9.29. The van der Waals surface area contributed by atoms with Crippen LogP contribution >= 0.6 is 0 Å². The molecule has 164 valence electrons. The zero-order chi connectivity index (χ0) is 20.5. The van der Waals surface area contributed by atoms with E-state index < -0.39 is 0 Å². The maximum atomic E-state index is 4.84. The van der Waals surface area contributed by atoms with E-state index in [4.69, 9.17) is 4.98 Å². The summed E-state index contributed by atoms with van der Waals surface area (Å²) >= 11 is 0. The van der Waals surface area contributed by atoms with Crippen molar-refractivity contribution in [2.75, 3.05) is 0 Å². The number of hydrogen-bond donors (Lipinski definition) is 0. The first-order valence-electron chi connectivity index (χ1n) is 12.8. The highest BCUT2D eigenvalue weighted by Crippen LogP contribution is 2.30. The van der Waals surface area contributed by atoms with Gasteiger partial charge in [0.1, 0.15) is 5.82 Å². The van der Waals surface area contributed by atoms with Gasteiger partial charge in [0, 0.05) is 24.4 Å². The van der Waals surface area contributed by atoms with E-state index in [-0.39, 0.29) is 0 Å². The molecule has 0 saturated carbocycles. The quantitative estimate of drug-likeness (QED) is 0.215. The van der Waals surface area contributed by atoms with E-state index in [0.29, 0.717) is 12.0 Å². The predicted molar refractivity (Wildman–Crippen MR) is 125 cm³/mol. The van der Waals surface area contributed by atoms with Crippen LogP contribution in [-0.4, -0.2) is 9.55 Å². The largest absolute Gasteiger partial charge is 0.332 e. The van der Waals surface area contributed by atoms with E-state index in [1.165, 1.54) is 115 Å². The standard InChI is InChI=1S/C26H50N2/c1-5-8-11-12-13-14-15-16-18-21-25(20-10-7-3)26-27-22-23-28(26)24(4)19-17-9-6-2/h22-25H,5-21H2,1-4H3. The number of imidazole rings is 1. The topological polar surface area (TPSA) is 17.8 Å². The second-order valence-electron chi connectivity index (χ2n) is 8.99. The van der Waals surface area contributed by atoms with Crippen LogP contribution in [0.15, 0.2) is 12.4 Å². The van der Waals surface area contributed by atoms with Gasteiger partial charge in [-0.2, -0.15) is 0 Å². The van der Waals surface area contributed by atoms with Crippen LogP contribution in [0.3, 0.4) is 0 Å². The van der Waals surface area contributed by atoms with Gasteiger partial charge in [0.2, 0.25) is 0 Å². The Bertz CT molecular complexity index is 451. The van der Waals surface area contributed by atoms with Crippen molar-refractivity contribution in [1.82, 2.24) is 9.55 Å². The van der Waals surface area contributed by atoms with Crippen LogP contribution in [0.5, 0.6) is 0 Å². The van der Waals surface area contributed by atoms with E-state index in [2.05, 4.69) is 38.5 Å².